The summed E-state index contributed by atoms with van der Waals surface area (Å²) < 4.78 is 5.38. The van der Waals surface area contributed by atoms with Crippen molar-refractivity contribution in [2.45, 2.75) is 104 Å². The van der Waals surface area contributed by atoms with Gasteiger partial charge in [-0.05, 0) is 82.4 Å². The second-order valence-corrected chi connectivity index (χ2v) is 13.7. The van der Waals surface area contributed by atoms with Gasteiger partial charge in [-0.2, -0.15) is 0 Å². The third kappa shape index (κ3) is 8.25. The van der Waals surface area contributed by atoms with Gasteiger partial charge in [-0.3, -0.25) is 0 Å². The van der Waals surface area contributed by atoms with Gasteiger partial charge in [0.15, 0.2) is 0 Å². The number of hydrogen-bond acceptors (Lipinski definition) is 6. The molecule has 3 rings (SSSR count). The minimum atomic E-state index is -1.64. The molecule has 4 atom stereocenters. The van der Waals surface area contributed by atoms with Crippen molar-refractivity contribution in [3.8, 4) is 11.8 Å². The predicted octanol–water partition coefficient (Wildman–Crippen LogP) is 6.08. The van der Waals surface area contributed by atoms with E-state index in [1.807, 2.05) is 50.3 Å². The molecule has 1 aliphatic heterocycles. The Morgan fingerprint density at radius 1 is 0.953 bits per heavy atom. The van der Waals surface area contributed by atoms with Crippen molar-refractivity contribution in [2.24, 2.45) is 10.8 Å². The van der Waals surface area contributed by atoms with Gasteiger partial charge in [0.1, 0.15) is 11.4 Å². The summed E-state index contributed by atoms with van der Waals surface area (Å²) in [6, 6.07) is 0. The van der Waals surface area contributed by atoms with Gasteiger partial charge in [-0.25, -0.2) is 4.79 Å². The quantitative estimate of drug-likeness (QED) is 0.170. The zero-order chi connectivity index (χ0) is 32.2. The van der Waals surface area contributed by atoms with Crippen molar-refractivity contribution in [3.05, 3.63) is 94.4 Å². The van der Waals surface area contributed by atoms with Crippen LogP contribution in [0.15, 0.2) is 94.4 Å². The summed E-state index contributed by atoms with van der Waals surface area (Å²) in [6.45, 7) is 15.3. The standard InChI is InChI=1S/C37H48O6/c1-25(15-16-32-27(3)20-29(38)22-34(32,4)5)13-11-9-10-12-14-26(2)19-31-21-28(33(40)43-31)17-18-37(42)35(6,7)23-30(39)24-36(37,8)41/h9-14,17-19,21,29-30,38-39,41-42H,20,22-24H2,1-8H3. The molecule has 0 radical (unpaired) electrons. The van der Waals surface area contributed by atoms with E-state index in [4.69, 9.17) is 4.74 Å². The molecule has 6 heteroatoms. The average Bonchev–Trinajstić information content (AvgIpc) is 3.20. The number of aliphatic hydroxyl groups excluding tert-OH is 2. The fourth-order valence-corrected chi connectivity index (χ4v) is 6.45. The molecule has 0 bridgehead atoms. The normalized spacial score (nSPS) is 32.5. The number of esters is 1. The molecular weight excluding hydrogens is 540 g/mol. The number of rotatable bonds is 6. The van der Waals surface area contributed by atoms with E-state index < -0.39 is 28.7 Å². The molecule has 0 spiro atoms. The van der Waals surface area contributed by atoms with Crippen molar-refractivity contribution < 1.29 is 30.0 Å². The maximum absolute atomic E-state index is 12.5. The fourth-order valence-electron chi connectivity index (χ4n) is 6.45. The summed E-state index contributed by atoms with van der Waals surface area (Å²) in [5.41, 5.74) is 0.218. The predicted molar refractivity (Wildman–Crippen MR) is 171 cm³/mol. The Morgan fingerprint density at radius 3 is 2.23 bits per heavy atom. The van der Waals surface area contributed by atoms with E-state index in [1.54, 1.807) is 26.0 Å². The van der Waals surface area contributed by atoms with E-state index >= 15 is 0 Å². The smallest absolute Gasteiger partial charge is 0.343 e. The average molecular weight is 589 g/mol. The molecule has 6 nitrogen and oxygen atoms in total. The Hall–Kier alpha value is -3.21. The Morgan fingerprint density at radius 2 is 1.60 bits per heavy atom. The number of cyclic esters (lactones) is 1. The Bertz CT molecular complexity index is 1390. The second kappa shape index (κ2) is 13.2. The van der Waals surface area contributed by atoms with Crippen LogP contribution in [0.2, 0.25) is 0 Å². The van der Waals surface area contributed by atoms with E-state index in [-0.39, 0.29) is 23.5 Å². The molecule has 0 aromatic rings. The zero-order valence-corrected chi connectivity index (χ0v) is 26.9. The molecule has 43 heavy (non-hydrogen) atoms. The largest absolute Gasteiger partial charge is 0.423 e. The molecule has 0 aromatic heterocycles. The lowest BCUT2D eigenvalue weighted by Gasteiger charge is -2.54. The molecule has 4 unspecified atom stereocenters. The van der Waals surface area contributed by atoms with Crippen LogP contribution in [0, 0.1) is 22.7 Å². The Labute approximate surface area is 257 Å². The van der Waals surface area contributed by atoms with Crippen LogP contribution < -0.4 is 0 Å². The topological polar surface area (TPSA) is 107 Å². The van der Waals surface area contributed by atoms with Gasteiger partial charge in [0, 0.05) is 22.8 Å². The summed E-state index contributed by atoms with van der Waals surface area (Å²) in [7, 11) is 0. The molecule has 232 valence electrons. The van der Waals surface area contributed by atoms with Gasteiger partial charge in [0.25, 0.3) is 0 Å². The Balaban J connectivity index is 1.63. The lowest BCUT2D eigenvalue weighted by Crippen LogP contribution is -2.65. The molecule has 4 N–H and O–H groups in total. The van der Waals surface area contributed by atoms with E-state index in [2.05, 4.69) is 32.6 Å². The zero-order valence-electron chi connectivity index (χ0n) is 26.9. The number of allylic oxidation sites excluding steroid dienone is 11. The first kappa shape index (κ1) is 34.3. The highest BCUT2D eigenvalue weighted by molar-refractivity contribution is 5.95. The highest BCUT2D eigenvalue weighted by Crippen LogP contribution is 2.50. The van der Waals surface area contributed by atoms with Crippen molar-refractivity contribution in [2.75, 3.05) is 0 Å². The van der Waals surface area contributed by atoms with Gasteiger partial charge in [-0.1, -0.05) is 81.6 Å². The first-order valence-corrected chi connectivity index (χ1v) is 14.9. The van der Waals surface area contributed by atoms with Crippen molar-refractivity contribution in [1.29, 1.82) is 0 Å². The molecule has 3 aliphatic rings. The number of carbonyl (C=O) groups excluding carboxylic acids is 1. The van der Waals surface area contributed by atoms with Crippen molar-refractivity contribution in [1.82, 2.24) is 0 Å². The summed E-state index contributed by atoms with van der Waals surface area (Å²) in [6.07, 6.45) is 18.5. The lowest BCUT2D eigenvalue weighted by molar-refractivity contribution is -0.216. The molecule has 1 heterocycles. The number of ether oxygens (including phenoxy) is 1. The van der Waals surface area contributed by atoms with Crippen LogP contribution in [-0.4, -0.2) is 49.8 Å². The number of hydrogen-bond donors (Lipinski definition) is 4. The maximum atomic E-state index is 12.5. The Kier molecular flexibility index (Phi) is 10.5. The molecule has 0 aromatic carbocycles. The van der Waals surface area contributed by atoms with Gasteiger partial charge in [0.2, 0.25) is 0 Å². The van der Waals surface area contributed by atoms with Crippen LogP contribution in [-0.2, 0) is 9.53 Å². The molecule has 0 saturated heterocycles. The molecule has 2 aliphatic carbocycles. The third-order valence-electron chi connectivity index (χ3n) is 8.66. The molecule has 0 amide bonds. The van der Waals surface area contributed by atoms with Crippen LogP contribution in [0.5, 0.6) is 0 Å². The van der Waals surface area contributed by atoms with Crippen LogP contribution in [0.1, 0.15) is 81.1 Å². The van der Waals surface area contributed by atoms with Gasteiger partial charge < -0.3 is 25.2 Å². The van der Waals surface area contributed by atoms with E-state index in [1.165, 1.54) is 19.1 Å². The van der Waals surface area contributed by atoms with Gasteiger partial charge in [0.05, 0.1) is 23.4 Å². The maximum Gasteiger partial charge on any atom is 0.343 e. The number of aliphatic hydroxyl groups is 4. The highest BCUT2D eigenvalue weighted by Gasteiger charge is 2.58. The summed E-state index contributed by atoms with van der Waals surface area (Å²) in [5, 5.41) is 42.6. The molecular formula is C37H48O6. The SMILES string of the molecule is CC(C#CC1=C(C)CC(O)CC1(C)C)=CC=CC=CC=C(C)C=C1C=C(C=CC2(O)C(C)(C)CC(O)CC2(C)O)C(=O)O1. The molecule has 1 saturated carbocycles. The van der Waals surface area contributed by atoms with Crippen molar-refractivity contribution in [3.63, 3.8) is 0 Å². The summed E-state index contributed by atoms with van der Waals surface area (Å²) >= 11 is 0. The van der Waals surface area contributed by atoms with Crippen LogP contribution in [0.25, 0.3) is 0 Å². The monoisotopic (exact) mass is 588 g/mol. The van der Waals surface area contributed by atoms with E-state index in [0.29, 0.717) is 18.6 Å². The lowest BCUT2D eigenvalue weighted by atomic mass is 9.57. The van der Waals surface area contributed by atoms with Gasteiger partial charge in [-0.15, -0.1) is 0 Å². The highest BCUT2D eigenvalue weighted by atomic mass is 16.5. The van der Waals surface area contributed by atoms with Gasteiger partial charge >= 0.3 is 5.97 Å². The first-order valence-electron chi connectivity index (χ1n) is 14.9. The summed E-state index contributed by atoms with van der Waals surface area (Å²) in [5.74, 6) is 6.42. The van der Waals surface area contributed by atoms with E-state index in [0.717, 1.165) is 28.7 Å². The first-order chi connectivity index (χ1) is 19.9. The minimum Gasteiger partial charge on any atom is -0.423 e. The fraction of sp³-hybridized carbons (Fsp3) is 0.486. The number of carbonyl (C=O) groups is 1. The van der Waals surface area contributed by atoms with Crippen LogP contribution in [0.4, 0.5) is 0 Å². The van der Waals surface area contributed by atoms with Crippen LogP contribution in [0.3, 0.4) is 0 Å². The summed E-state index contributed by atoms with van der Waals surface area (Å²) in [4.78, 5) is 12.5. The minimum absolute atomic E-state index is 0.0334. The molecule has 1 fully saturated rings. The second-order valence-electron chi connectivity index (χ2n) is 13.7. The van der Waals surface area contributed by atoms with E-state index in [9.17, 15) is 25.2 Å². The van der Waals surface area contributed by atoms with Crippen LogP contribution >= 0.6 is 0 Å². The third-order valence-corrected chi connectivity index (χ3v) is 8.66. The van der Waals surface area contributed by atoms with Crippen molar-refractivity contribution >= 4 is 5.97 Å².